The van der Waals surface area contributed by atoms with Gasteiger partial charge in [-0.3, -0.25) is 9.69 Å². The fourth-order valence-corrected chi connectivity index (χ4v) is 3.26. The summed E-state index contributed by atoms with van der Waals surface area (Å²) in [6.45, 7) is 5.21. The summed E-state index contributed by atoms with van der Waals surface area (Å²) in [5, 5.41) is 5.52. The van der Waals surface area contributed by atoms with Crippen molar-refractivity contribution in [2.24, 2.45) is 0 Å². The van der Waals surface area contributed by atoms with Crippen LogP contribution in [0.2, 0.25) is 0 Å². The van der Waals surface area contributed by atoms with E-state index in [1.54, 1.807) is 0 Å². The molecule has 1 fully saturated rings. The average molecular weight is 357 g/mol. The number of piperazine rings is 1. The molecule has 1 heterocycles. The number of nitrogens with one attached hydrogen (secondary N) is 2. The van der Waals surface area contributed by atoms with Gasteiger partial charge in [-0.1, -0.05) is 31.2 Å². The second-order valence-electron chi connectivity index (χ2n) is 6.61. The van der Waals surface area contributed by atoms with E-state index in [2.05, 4.69) is 10.6 Å². The molecule has 25 heavy (non-hydrogen) atoms. The van der Waals surface area contributed by atoms with E-state index < -0.39 is 18.8 Å². The van der Waals surface area contributed by atoms with E-state index in [-0.39, 0.29) is 18.2 Å². The topological polar surface area (TPSA) is 44.4 Å². The molecule has 140 valence electrons. The van der Waals surface area contributed by atoms with Crippen LogP contribution in [0.1, 0.15) is 30.4 Å². The molecule has 1 aliphatic rings. The molecule has 1 aromatic rings. The van der Waals surface area contributed by atoms with Gasteiger partial charge in [0.1, 0.15) is 6.04 Å². The fraction of sp³-hybridized carbons (Fsp3) is 0.611. The van der Waals surface area contributed by atoms with Gasteiger partial charge in [0.2, 0.25) is 5.91 Å². The standard InChI is InChI=1S/C18H26F3N3O/c1-13-5-3-4-6-15(13)14(2)11-17(25)23-12-16(18(19,20)21)24-9-7-22-8-10-24/h3-6,14,16,22H,7-12H2,1-2H3,(H,23,25). The Balaban J connectivity index is 1.91. The molecule has 0 radical (unpaired) electrons. The Kier molecular flexibility index (Phi) is 6.84. The van der Waals surface area contributed by atoms with Gasteiger partial charge in [0.05, 0.1) is 0 Å². The van der Waals surface area contributed by atoms with Crippen molar-refractivity contribution in [3.8, 4) is 0 Å². The summed E-state index contributed by atoms with van der Waals surface area (Å²) >= 11 is 0. The van der Waals surface area contributed by atoms with E-state index >= 15 is 0 Å². The fourth-order valence-electron chi connectivity index (χ4n) is 3.26. The molecular formula is C18H26F3N3O. The quantitative estimate of drug-likeness (QED) is 0.822. The number of rotatable bonds is 6. The van der Waals surface area contributed by atoms with Crippen molar-refractivity contribution in [1.29, 1.82) is 0 Å². The number of alkyl halides is 3. The molecule has 0 spiro atoms. The van der Waals surface area contributed by atoms with Crippen molar-refractivity contribution in [2.45, 2.75) is 38.4 Å². The molecule has 4 nitrogen and oxygen atoms in total. The smallest absolute Gasteiger partial charge is 0.354 e. The zero-order valence-corrected chi connectivity index (χ0v) is 14.7. The molecule has 1 amide bonds. The van der Waals surface area contributed by atoms with Crippen LogP contribution in [-0.2, 0) is 4.79 Å². The Bertz CT molecular complexity index is 571. The van der Waals surface area contributed by atoms with Crippen LogP contribution in [0.25, 0.3) is 0 Å². The number of amides is 1. The summed E-state index contributed by atoms with van der Waals surface area (Å²) in [5.41, 5.74) is 2.13. The summed E-state index contributed by atoms with van der Waals surface area (Å²) in [6, 6.07) is 6.11. The molecule has 0 aliphatic carbocycles. The van der Waals surface area contributed by atoms with Crippen LogP contribution in [0, 0.1) is 6.92 Å². The van der Waals surface area contributed by atoms with Gasteiger partial charge in [0.15, 0.2) is 0 Å². The van der Waals surface area contributed by atoms with Crippen LogP contribution in [0.3, 0.4) is 0 Å². The van der Waals surface area contributed by atoms with Crippen molar-refractivity contribution < 1.29 is 18.0 Å². The summed E-state index contributed by atoms with van der Waals surface area (Å²) in [4.78, 5) is 13.5. The number of nitrogens with zero attached hydrogens (tertiary/aromatic N) is 1. The predicted octanol–water partition coefficient (Wildman–Crippen LogP) is 2.44. The SMILES string of the molecule is Cc1ccccc1C(C)CC(=O)NCC(N1CCNCC1)C(F)(F)F. The van der Waals surface area contributed by atoms with Crippen molar-refractivity contribution in [3.63, 3.8) is 0 Å². The van der Waals surface area contributed by atoms with Gasteiger partial charge >= 0.3 is 6.18 Å². The lowest BCUT2D eigenvalue weighted by Crippen LogP contribution is -2.57. The normalized spacial score (nSPS) is 18.6. The number of halogens is 3. The van der Waals surface area contributed by atoms with Crippen LogP contribution >= 0.6 is 0 Å². The third-order valence-corrected chi connectivity index (χ3v) is 4.67. The van der Waals surface area contributed by atoms with Gasteiger partial charge in [-0.15, -0.1) is 0 Å². The molecule has 2 unspecified atom stereocenters. The zero-order chi connectivity index (χ0) is 18.4. The van der Waals surface area contributed by atoms with Gasteiger partial charge < -0.3 is 10.6 Å². The second kappa shape index (κ2) is 8.67. The maximum Gasteiger partial charge on any atom is 0.405 e. The summed E-state index contributed by atoms with van der Waals surface area (Å²) < 4.78 is 40.0. The van der Waals surface area contributed by atoms with Crippen LogP contribution < -0.4 is 10.6 Å². The molecule has 1 aliphatic heterocycles. The number of benzene rings is 1. The number of carbonyl (C=O) groups excluding carboxylic acids is 1. The highest BCUT2D eigenvalue weighted by molar-refractivity contribution is 5.76. The van der Waals surface area contributed by atoms with Crippen LogP contribution in [-0.4, -0.2) is 55.7 Å². The summed E-state index contributed by atoms with van der Waals surface area (Å²) in [6.07, 6.45) is -4.18. The highest BCUT2D eigenvalue weighted by Crippen LogP contribution is 2.25. The maximum atomic E-state index is 13.3. The average Bonchev–Trinajstić information content (AvgIpc) is 2.55. The van der Waals surface area contributed by atoms with Gasteiger partial charge in [-0.25, -0.2) is 0 Å². The first-order chi connectivity index (χ1) is 11.8. The Morgan fingerprint density at radius 1 is 1.28 bits per heavy atom. The molecular weight excluding hydrogens is 331 g/mol. The van der Waals surface area contributed by atoms with Gasteiger partial charge in [0, 0.05) is 39.1 Å². The van der Waals surface area contributed by atoms with Crippen LogP contribution in [0.4, 0.5) is 13.2 Å². The first kappa shape index (κ1) is 19.7. The first-order valence-corrected chi connectivity index (χ1v) is 8.62. The third-order valence-electron chi connectivity index (χ3n) is 4.67. The van der Waals surface area contributed by atoms with Crippen LogP contribution in [0.15, 0.2) is 24.3 Å². The lowest BCUT2D eigenvalue weighted by Gasteiger charge is -2.36. The summed E-state index contributed by atoms with van der Waals surface area (Å²) in [5.74, 6) is -0.384. The molecule has 7 heteroatoms. The van der Waals surface area contributed by atoms with E-state index in [1.165, 1.54) is 4.90 Å². The van der Waals surface area contributed by atoms with E-state index in [1.807, 2.05) is 38.1 Å². The Morgan fingerprint density at radius 2 is 1.92 bits per heavy atom. The minimum Gasteiger partial charge on any atom is -0.354 e. The number of hydrogen-bond acceptors (Lipinski definition) is 3. The van der Waals surface area contributed by atoms with E-state index in [9.17, 15) is 18.0 Å². The Labute approximate surface area is 146 Å². The highest BCUT2D eigenvalue weighted by atomic mass is 19.4. The molecule has 2 atom stereocenters. The third kappa shape index (κ3) is 5.71. The van der Waals surface area contributed by atoms with Gasteiger partial charge in [-0.05, 0) is 24.0 Å². The minimum absolute atomic E-state index is 0.0373. The maximum absolute atomic E-state index is 13.3. The van der Waals surface area contributed by atoms with E-state index in [0.717, 1.165) is 11.1 Å². The molecule has 2 N–H and O–H groups in total. The lowest BCUT2D eigenvalue weighted by atomic mass is 9.93. The van der Waals surface area contributed by atoms with Crippen molar-refractivity contribution in [1.82, 2.24) is 15.5 Å². The van der Waals surface area contributed by atoms with Gasteiger partial charge in [-0.2, -0.15) is 13.2 Å². The molecule has 1 saturated heterocycles. The number of hydrogen-bond donors (Lipinski definition) is 2. The second-order valence-corrected chi connectivity index (χ2v) is 6.61. The molecule has 0 bridgehead atoms. The highest BCUT2D eigenvalue weighted by Gasteiger charge is 2.43. The first-order valence-electron chi connectivity index (χ1n) is 8.62. The van der Waals surface area contributed by atoms with Crippen molar-refractivity contribution in [2.75, 3.05) is 32.7 Å². The van der Waals surface area contributed by atoms with Gasteiger partial charge in [0.25, 0.3) is 0 Å². The van der Waals surface area contributed by atoms with E-state index in [0.29, 0.717) is 26.2 Å². The summed E-state index contributed by atoms with van der Waals surface area (Å²) in [7, 11) is 0. The van der Waals surface area contributed by atoms with E-state index in [4.69, 9.17) is 0 Å². The predicted molar refractivity (Wildman–Crippen MR) is 91.5 cm³/mol. The zero-order valence-electron chi connectivity index (χ0n) is 14.7. The Morgan fingerprint density at radius 3 is 2.52 bits per heavy atom. The molecule has 0 saturated carbocycles. The van der Waals surface area contributed by atoms with Crippen molar-refractivity contribution >= 4 is 5.91 Å². The van der Waals surface area contributed by atoms with Crippen molar-refractivity contribution in [3.05, 3.63) is 35.4 Å². The lowest BCUT2D eigenvalue weighted by molar-refractivity contribution is -0.184. The molecule has 2 rings (SSSR count). The minimum atomic E-state index is -4.35. The molecule has 0 aromatic heterocycles. The number of carbonyl (C=O) groups is 1. The Hall–Kier alpha value is -1.60. The number of aryl methyl sites for hydroxylation is 1. The molecule has 1 aromatic carbocycles. The monoisotopic (exact) mass is 357 g/mol. The largest absolute Gasteiger partial charge is 0.405 e. The van der Waals surface area contributed by atoms with Crippen LogP contribution in [0.5, 0.6) is 0 Å².